The van der Waals surface area contributed by atoms with E-state index in [1.165, 1.54) is 23.6 Å². The molecule has 1 heterocycles. The highest BCUT2D eigenvalue weighted by atomic mass is 16.2. The van der Waals surface area contributed by atoms with E-state index in [1.807, 2.05) is 4.90 Å². The quantitative estimate of drug-likeness (QED) is 0.908. The predicted octanol–water partition coefficient (Wildman–Crippen LogP) is 2.36. The van der Waals surface area contributed by atoms with Crippen molar-refractivity contribution < 1.29 is 9.59 Å². The standard InChI is InChI=1S/C18H26N2O2/c1-13-6-7-14(2)16(11-13)12-17-5-4-10-20(17)18(22)8-9-19-15(3)21/h6-7,11,17H,4-5,8-10,12H2,1-3H3,(H,19,21). The normalized spacial score (nSPS) is 17.6. The molecule has 1 aromatic rings. The van der Waals surface area contributed by atoms with Crippen LogP contribution in [0.1, 0.15) is 42.9 Å². The molecule has 0 radical (unpaired) electrons. The maximum Gasteiger partial charge on any atom is 0.224 e. The van der Waals surface area contributed by atoms with Gasteiger partial charge in [-0.15, -0.1) is 0 Å². The highest BCUT2D eigenvalue weighted by Crippen LogP contribution is 2.23. The summed E-state index contributed by atoms with van der Waals surface area (Å²) in [6.45, 7) is 6.99. The Morgan fingerprint density at radius 2 is 2.09 bits per heavy atom. The zero-order valence-electron chi connectivity index (χ0n) is 13.8. The molecule has 4 heteroatoms. The molecule has 0 aromatic heterocycles. The van der Waals surface area contributed by atoms with E-state index in [2.05, 4.69) is 37.4 Å². The molecule has 1 aliphatic rings. The summed E-state index contributed by atoms with van der Waals surface area (Å²) >= 11 is 0. The van der Waals surface area contributed by atoms with Crippen LogP contribution in [0.4, 0.5) is 0 Å². The summed E-state index contributed by atoms with van der Waals surface area (Å²) in [5, 5.41) is 2.69. The fourth-order valence-corrected chi connectivity index (χ4v) is 3.14. The molecule has 1 aromatic carbocycles. The third kappa shape index (κ3) is 4.33. The molecular formula is C18H26N2O2. The first-order valence-corrected chi connectivity index (χ1v) is 8.07. The summed E-state index contributed by atoms with van der Waals surface area (Å²) in [7, 11) is 0. The molecule has 22 heavy (non-hydrogen) atoms. The van der Waals surface area contributed by atoms with Gasteiger partial charge >= 0.3 is 0 Å². The number of carbonyl (C=O) groups excluding carboxylic acids is 2. The summed E-state index contributed by atoms with van der Waals surface area (Å²) < 4.78 is 0. The van der Waals surface area contributed by atoms with Gasteiger partial charge in [0.05, 0.1) is 0 Å². The smallest absolute Gasteiger partial charge is 0.224 e. The summed E-state index contributed by atoms with van der Waals surface area (Å²) in [6, 6.07) is 6.81. The average Bonchev–Trinajstić information content (AvgIpc) is 2.90. The molecule has 120 valence electrons. The van der Waals surface area contributed by atoms with Crippen LogP contribution in [-0.4, -0.2) is 35.8 Å². The molecule has 1 saturated heterocycles. The van der Waals surface area contributed by atoms with Crippen molar-refractivity contribution in [3.8, 4) is 0 Å². The summed E-state index contributed by atoms with van der Waals surface area (Å²) in [5.41, 5.74) is 3.90. The van der Waals surface area contributed by atoms with Crippen molar-refractivity contribution in [1.29, 1.82) is 0 Å². The number of amides is 2. The van der Waals surface area contributed by atoms with Gasteiger partial charge in [0, 0.05) is 32.5 Å². The van der Waals surface area contributed by atoms with E-state index >= 15 is 0 Å². The third-order valence-corrected chi connectivity index (χ3v) is 4.37. The molecule has 0 aliphatic carbocycles. The molecule has 0 saturated carbocycles. The van der Waals surface area contributed by atoms with E-state index in [0.717, 1.165) is 25.8 Å². The highest BCUT2D eigenvalue weighted by Gasteiger charge is 2.28. The van der Waals surface area contributed by atoms with Crippen LogP contribution in [0.15, 0.2) is 18.2 Å². The molecule has 1 fully saturated rings. The molecule has 4 nitrogen and oxygen atoms in total. The van der Waals surface area contributed by atoms with Gasteiger partial charge in [-0.05, 0) is 44.2 Å². The van der Waals surface area contributed by atoms with E-state index in [4.69, 9.17) is 0 Å². The second kappa shape index (κ2) is 7.43. The minimum Gasteiger partial charge on any atom is -0.356 e. The van der Waals surface area contributed by atoms with Crippen molar-refractivity contribution in [1.82, 2.24) is 10.2 Å². The molecule has 1 N–H and O–H groups in total. The van der Waals surface area contributed by atoms with Crippen molar-refractivity contribution in [2.24, 2.45) is 0 Å². The number of likely N-dealkylation sites (tertiary alicyclic amines) is 1. The van der Waals surface area contributed by atoms with E-state index in [9.17, 15) is 9.59 Å². The van der Waals surface area contributed by atoms with Gasteiger partial charge < -0.3 is 10.2 Å². The van der Waals surface area contributed by atoms with Gasteiger partial charge in [0.2, 0.25) is 11.8 Å². The summed E-state index contributed by atoms with van der Waals surface area (Å²) in [5.74, 6) is 0.0720. The second-order valence-corrected chi connectivity index (χ2v) is 6.25. The first-order chi connectivity index (χ1) is 10.5. The van der Waals surface area contributed by atoms with Crippen molar-refractivity contribution in [3.05, 3.63) is 34.9 Å². The number of nitrogens with one attached hydrogen (secondary N) is 1. The molecule has 0 bridgehead atoms. The minimum absolute atomic E-state index is 0.0823. The van der Waals surface area contributed by atoms with Crippen LogP contribution in [0, 0.1) is 13.8 Å². The van der Waals surface area contributed by atoms with Crippen LogP contribution in [0.5, 0.6) is 0 Å². The Bertz CT molecular complexity index is 554. The first kappa shape index (κ1) is 16.5. The van der Waals surface area contributed by atoms with Crippen LogP contribution >= 0.6 is 0 Å². The lowest BCUT2D eigenvalue weighted by Gasteiger charge is -2.25. The van der Waals surface area contributed by atoms with Crippen LogP contribution in [0.3, 0.4) is 0 Å². The monoisotopic (exact) mass is 302 g/mol. The van der Waals surface area contributed by atoms with Gasteiger partial charge in [-0.2, -0.15) is 0 Å². The lowest BCUT2D eigenvalue weighted by Crippen LogP contribution is -2.38. The maximum atomic E-state index is 12.4. The Morgan fingerprint density at radius 3 is 2.82 bits per heavy atom. The topological polar surface area (TPSA) is 49.4 Å². The number of aryl methyl sites for hydroxylation is 2. The summed E-state index contributed by atoms with van der Waals surface area (Å²) in [4.78, 5) is 25.2. The Kier molecular flexibility index (Phi) is 5.58. The third-order valence-electron chi connectivity index (χ3n) is 4.37. The number of nitrogens with zero attached hydrogens (tertiary/aromatic N) is 1. The Labute approximate surface area is 132 Å². The van der Waals surface area contributed by atoms with Gasteiger partial charge in [0.25, 0.3) is 0 Å². The largest absolute Gasteiger partial charge is 0.356 e. The number of benzene rings is 1. The maximum absolute atomic E-state index is 12.4. The molecule has 1 unspecified atom stereocenters. The first-order valence-electron chi connectivity index (χ1n) is 8.07. The number of hydrogen-bond donors (Lipinski definition) is 1. The number of hydrogen-bond acceptors (Lipinski definition) is 2. The summed E-state index contributed by atoms with van der Waals surface area (Å²) in [6.07, 6.45) is 3.46. The SMILES string of the molecule is CC(=O)NCCC(=O)N1CCCC1Cc1cc(C)ccc1C. The van der Waals surface area contributed by atoms with Gasteiger partial charge in [0.15, 0.2) is 0 Å². The van der Waals surface area contributed by atoms with Gasteiger partial charge in [-0.25, -0.2) is 0 Å². The molecule has 2 amide bonds. The fourth-order valence-electron chi connectivity index (χ4n) is 3.14. The van der Waals surface area contributed by atoms with Crippen molar-refractivity contribution in [2.75, 3.05) is 13.1 Å². The van der Waals surface area contributed by atoms with E-state index in [0.29, 0.717) is 19.0 Å². The lowest BCUT2D eigenvalue weighted by atomic mass is 9.97. The fraction of sp³-hybridized carbons (Fsp3) is 0.556. The average molecular weight is 302 g/mol. The molecule has 2 rings (SSSR count). The van der Waals surface area contributed by atoms with Crippen LogP contribution in [0.2, 0.25) is 0 Å². The van der Waals surface area contributed by atoms with Crippen molar-refractivity contribution in [3.63, 3.8) is 0 Å². The van der Waals surface area contributed by atoms with E-state index < -0.39 is 0 Å². The zero-order chi connectivity index (χ0) is 16.1. The predicted molar refractivity (Wildman–Crippen MR) is 87.7 cm³/mol. The van der Waals surface area contributed by atoms with Crippen LogP contribution < -0.4 is 5.32 Å². The van der Waals surface area contributed by atoms with E-state index in [-0.39, 0.29) is 11.8 Å². The number of rotatable bonds is 5. The zero-order valence-corrected chi connectivity index (χ0v) is 13.8. The van der Waals surface area contributed by atoms with E-state index in [1.54, 1.807) is 0 Å². The molecule has 0 spiro atoms. The van der Waals surface area contributed by atoms with Gasteiger partial charge in [0.1, 0.15) is 0 Å². The Balaban J connectivity index is 1.96. The van der Waals surface area contributed by atoms with Crippen molar-refractivity contribution in [2.45, 2.75) is 52.5 Å². The lowest BCUT2D eigenvalue weighted by molar-refractivity contribution is -0.131. The molecule has 1 aliphatic heterocycles. The highest BCUT2D eigenvalue weighted by molar-refractivity contribution is 5.78. The second-order valence-electron chi connectivity index (χ2n) is 6.25. The van der Waals surface area contributed by atoms with Crippen LogP contribution in [0.25, 0.3) is 0 Å². The van der Waals surface area contributed by atoms with Gasteiger partial charge in [-0.3, -0.25) is 9.59 Å². The minimum atomic E-state index is -0.0823. The van der Waals surface area contributed by atoms with Crippen LogP contribution in [-0.2, 0) is 16.0 Å². The molecular weight excluding hydrogens is 276 g/mol. The van der Waals surface area contributed by atoms with Gasteiger partial charge in [-0.1, -0.05) is 23.8 Å². The Hall–Kier alpha value is -1.84. The Morgan fingerprint density at radius 1 is 1.32 bits per heavy atom. The molecule has 1 atom stereocenters. The van der Waals surface area contributed by atoms with Crippen molar-refractivity contribution >= 4 is 11.8 Å². The number of carbonyl (C=O) groups is 2.